The molecule has 4 rings (SSSR count). The highest BCUT2D eigenvalue weighted by atomic mass is 14.5. The van der Waals surface area contributed by atoms with Crippen LogP contribution in [0.1, 0.15) is 11.1 Å². The molecule has 0 atom stereocenters. The van der Waals surface area contributed by atoms with Crippen molar-refractivity contribution in [2.75, 3.05) is 0 Å². The molecule has 0 fully saturated rings. The summed E-state index contributed by atoms with van der Waals surface area (Å²) >= 11 is 0. The van der Waals surface area contributed by atoms with Gasteiger partial charge >= 0.3 is 0 Å². The van der Waals surface area contributed by atoms with Crippen molar-refractivity contribution in [1.82, 2.24) is 0 Å². The van der Waals surface area contributed by atoms with Crippen LogP contribution in [0.3, 0.4) is 0 Å². The summed E-state index contributed by atoms with van der Waals surface area (Å²) in [6.07, 6.45) is 8.98. The van der Waals surface area contributed by atoms with Crippen LogP contribution in [0.2, 0.25) is 0 Å². The zero-order valence-corrected chi connectivity index (χ0v) is 10.6. The lowest BCUT2D eigenvalue weighted by atomic mass is 9.69. The molecule has 2 aromatic carbocycles. The van der Waals surface area contributed by atoms with E-state index in [-0.39, 0.29) is 5.41 Å². The van der Waals surface area contributed by atoms with E-state index in [0.717, 1.165) is 0 Å². The minimum atomic E-state index is -0.0808. The van der Waals surface area contributed by atoms with E-state index in [9.17, 15) is 0 Å². The van der Waals surface area contributed by atoms with Crippen LogP contribution in [0, 0.1) is 0 Å². The second-order valence-electron chi connectivity index (χ2n) is 5.06. The van der Waals surface area contributed by atoms with E-state index in [4.69, 9.17) is 0 Å². The topological polar surface area (TPSA) is 0 Å². The van der Waals surface area contributed by atoms with Gasteiger partial charge in [0.25, 0.3) is 0 Å². The van der Waals surface area contributed by atoms with Gasteiger partial charge in [0.1, 0.15) is 0 Å². The van der Waals surface area contributed by atoms with Crippen LogP contribution in [0.4, 0.5) is 0 Å². The van der Waals surface area contributed by atoms with Gasteiger partial charge < -0.3 is 0 Å². The van der Waals surface area contributed by atoms with Gasteiger partial charge in [0, 0.05) is 0 Å². The molecular weight excluding hydrogens is 228 g/mol. The van der Waals surface area contributed by atoms with Gasteiger partial charge in [-0.2, -0.15) is 0 Å². The van der Waals surface area contributed by atoms with Crippen LogP contribution in [0.15, 0.2) is 96.1 Å². The second kappa shape index (κ2) is 3.83. The first-order valence-corrected chi connectivity index (χ1v) is 6.64. The van der Waals surface area contributed by atoms with Crippen molar-refractivity contribution in [2.24, 2.45) is 0 Å². The highest BCUT2D eigenvalue weighted by Gasteiger charge is 2.44. The van der Waals surface area contributed by atoms with Gasteiger partial charge in [0.05, 0.1) is 5.41 Å². The van der Waals surface area contributed by atoms with Gasteiger partial charge in [-0.1, -0.05) is 85.0 Å². The van der Waals surface area contributed by atoms with E-state index >= 15 is 0 Å². The third-order valence-corrected chi connectivity index (χ3v) is 4.16. The number of hydrogen-bond acceptors (Lipinski definition) is 0. The first kappa shape index (κ1) is 10.6. The molecule has 2 bridgehead atoms. The van der Waals surface area contributed by atoms with Crippen molar-refractivity contribution >= 4 is 0 Å². The monoisotopic (exact) mass is 242 g/mol. The zero-order valence-electron chi connectivity index (χ0n) is 10.6. The van der Waals surface area contributed by atoms with Crippen molar-refractivity contribution < 1.29 is 0 Å². The minimum absolute atomic E-state index is 0.0808. The molecule has 0 spiro atoms. The number of fused-ring (bicyclic) bond motifs is 2. The number of benzene rings is 2. The third kappa shape index (κ3) is 1.29. The lowest BCUT2D eigenvalue weighted by molar-refractivity contribution is 0.778. The van der Waals surface area contributed by atoms with Gasteiger partial charge in [-0.15, -0.1) is 0 Å². The molecule has 0 unspecified atom stereocenters. The van der Waals surface area contributed by atoms with Gasteiger partial charge in [-0.3, -0.25) is 0 Å². The summed E-state index contributed by atoms with van der Waals surface area (Å²) in [5.41, 5.74) is 5.37. The Kier molecular flexibility index (Phi) is 2.13. The Hall–Kier alpha value is -2.34. The Balaban J connectivity index is 2.02. The Morgan fingerprint density at radius 2 is 0.947 bits per heavy atom. The SMILES string of the molecule is C1=CC2=CC=C1C2(c1ccccc1)c1ccccc1. The van der Waals surface area contributed by atoms with Gasteiger partial charge in [-0.25, -0.2) is 0 Å². The van der Waals surface area contributed by atoms with Gasteiger partial charge in [-0.05, 0) is 22.3 Å². The lowest BCUT2D eigenvalue weighted by Crippen LogP contribution is -2.26. The third-order valence-electron chi connectivity index (χ3n) is 4.16. The molecule has 19 heavy (non-hydrogen) atoms. The minimum Gasteiger partial charge on any atom is -0.0622 e. The standard InChI is InChI=1S/C19H14/c1-3-7-15(8-4-1)19(16-9-5-2-6-10-16)17-11-12-18(19)14-13-17/h1-14H. The van der Waals surface area contributed by atoms with Crippen LogP contribution < -0.4 is 0 Å². The van der Waals surface area contributed by atoms with E-state index in [1.165, 1.54) is 22.3 Å². The molecule has 0 radical (unpaired) electrons. The highest BCUT2D eigenvalue weighted by molar-refractivity contribution is 5.71. The van der Waals surface area contributed by atoms with Gasteiger partial charge in [0.15, 0.2) is 0 Å². The van der Waals surface area contributed by atoms with Crippen molar-refractivity contribution in [1.29, 1.82) is 0 Å². The van der Waals surface area contributed by atoms with Crippen LogP contribution in [0.25, 0.3) is 0 Å². The molecule has 0 nitrogen and oxygen atoms in total. The molecule has 0 amide bonds. The lowest BCUT2D eigenvalue weighted by Gasteiger charge is -2.31. The maximum atomic E-state index is 2.25. The molecular formula is C19H14. The molecule has 90 valence electrons. The second-order valence-corrected chi connectivity index (χ2v) is 5.06. The van der Waals surface area contributed by atoms with Crippen LogP contribution >= 0.6 is 0 Å². The molecule has 0 N–H and O–H groups in total. The summed E-state index contributed by atoms with van der Waals surface area (Å²) in [4.78, 5) is 0. The summed E-state index contributed by atoms with van der Waals surface area (Å²) < 4.78 is 0. The fraction of sp³-hybridized carbons (Fsp3) is 0.0526. The molecule has 0 saturated heterocycles. The van der Waals surface area contributed by atoms with Gasteiger partial charge in [0.2, 0.25) is 0 Å². The first-order chi connectivity index (χ1) is 9.42. The quantitative estimate of drug-likeness (QED) is 0.731. The summed E-state index contributed by atoms with van der Waals surface area (Å²) in [6, 6.07) is 21.6. The summed E-state index contributed by atoms with van der Waals surface area (Å²) in [7, 11) is 0. The molecule has 0 heterocycles. The van der Waals surface area contributed by atoms with Crippen LogP contribution in [0.5, 0.6) is 0 Å². The summed E-state index contributed by atoms with van der Waals surface area (Å²) in [6.45, 7) is 0. The van der Waals surface area contributed by atoms with Crippen LogP contribution in [-0.4, -0.2) is 0 Å². The van der Waals surface area contributed by atoms with Crippen molar-refractivity contribution in [2.45, 2.75) is 5.41 Å². The van der Waals surface area contributed by atoms with Crippen LogP contribution in [-0.2, 0) is 5.41 Å². The van der Waals surface area contributed by atoms with E-state index < -0.39 is 0 Å². The average Bonchev–Trinajstić information content (AvgIpc) is 3.05. The predicted octanol–water partition coefficient (Wildman–Crippen LogP) is 4.41. The fourth-order valence-corrected chi connectivity index (χ4v) is 3.35. The first-order valence-electron chi connectivity index (χ1n) is 6.64. The molecule has 2 aliphatic carbocycles. The van der Waals surface area contributed by atoms with E-state index in [0.29, 0.717) is 0 Å². The van der Waals surface area contributed by atoms with E-state index in [2.05, 4.69) is 85.0 Å². The largest absolute Gasteiger partial charge is 0.0701 e. The smallest absolute Gasteiger partial charge is 0.0622 e. The fourth-order valence-electron chi connectivity index (χ4n) is 3.35. The Labute approximate surface area is 113 Å². The molecule has 0 saturated carbocycles. The maximum Gasteiger partial charge on any atom is 0.0701 e. The summed E-state index contributed by atoms with van der Waals surface area (Å²) in [5, 5.41) is 0. The van der Waals surface area contributed by atoms with E-state index in [1.807, 2.05) is 0 Å². The Bertz CT molecular complexity index is 637. The summed E-state index contributed by atoms with van der Waals surface area (Å²) in [5.74, 6) is 0. The molecule has 0 aliphatic heterocycles. The molecule has 0 aromatic heterocycles. The Morgan fingerprint density at radius 3 is 1.32 bits per heavy atom. The number of hydrogen-bond donors (Lipinski definition) is 0. The van der Waals surface area contributed by atoms with Crippen molar-refractivity contribution in [3.8, 4) is 0 Å². The highest BCUT2D eigenvalue weighted by Crippen LogP contribution is 2.52. The number of rotatable bonds is 2. The average molecular weight is 242 g/mol. The number of allylic oxidation sites excluding steroid dienone is 6. The van der Waals surface area contributed by atoms with Crippen molar-refractivity contribution in [3.05, 3.63) is 107 Å². The molecule has 2 aromatic rings. The Morgan fingerprint density at radius 1 is 0.526 bits per heavy atom. The zero-order chi connectivity index (χ0) is 12.7. The van der Waals surface area contributed by atoms with Crippen molar-refractivity contribution in [3.63, 3.8) is 0 Å². The molecule has 0 heteroatoms. The molecule has 2 aliphatic rings. The predicted molar refractivity (Wildman–Crippen MR) is 79.0 cm³/mol. The normalized spacial score (nSPS) is 18.3. The van der Waals surface area contributed by atoms with E-state index in [1.54, 1.807) is 0 Å². The maximum absolute atomic E-state index is 2.25.